The first-order valence-electron chi connectivity index (χ1n) is 6.20. The summed E-state index contributed by atoms with van der Waals surface area (Å²) in [4.78, 5) is 24.6. The van der Waals surface area contributed by atoms with Gasteiger partial charge in [-0.25, -0.2) is 4.39 Å². The summed E-state index contributed by atoms with van der Waals surface area (Å²) in [7, 11) is 1.30. The van der Waals surface area contributed by atoms with E-state index < -0.39 is 5.97 Å². The minimum Gasteiger partial charge on any atom is -0.468 e. The molecule has 2 rings (SSSR count). The number of methoxy groups -OCH3 is 1. The fourth-order valence-electron chi connectivity index (χ4n) is 2.31. The Morgan fingerprint density at radius 3 is 2.95 bits per heavy atom. The largest absolute Gasteiger partial charge is 0.468 e. The Morgan fingerprint density at radius 2 is 2.32 bits per heavy atom. The zero-order valence-electron chi connectivity index (χ0n) is 10.8. The van der Waals surface area contributed by atoms with E-state index in [1.54, 1.807) is 6.07 Å². The molecule has 1 fully saturated rings. The van der Waals surface area contributed by atoms with Crippen LogP contribution in [0, 0.1) is 5.82 Å². The van der Waals surface area contributed by atoms with Gasteiger partial charge in [0.15, 0.2) is 0 Å². The molecule has 0 N–H and O–H groups in total. The standard InChI is InChI=1S/C14H16FNO3/c1-19-14(18)9-16-6-5-11(8-13(16)17)10-3-2-4-12(15)7-10/h2-4,7,11H,5-6,8-9H2,1H3/t11-/m1/s1. The van der Waals surface area contributed by atoms with Crippen LogP contribution in [0.1, 0.15) is 24.3 Å². The molecule has 0 unspecified atom stereocenters. The second kappa shape index (κ2) is 5.82. The van der Waals surface area contributed by atoms with Crippen molar-refractivity contribution in [2.45, 2.75) is 18.8 Å². The predicted molar refractivity (Wildman–Crippen MR) is 67.0 cm³/mol. The number of hydrogen-bond acceptors (Lipinski definition) is 3. The SMILES string of the molecule is COC(=O)CN1CC[C@@H](c2cccc(F)c2)CC1=O. The number of benzene rings is 1. The van der Waals surface area contributed by atoms with Gasteiger partial charge in [-0.1, -0.05) is 12.1 Å². The van der Waals surface area contributed by atoms with Gasteiger partial charge in [-0.3, -0.25) is 9.59 Å². The maximum Gasteiger partial charge on any atom is 0.325 e. The second-order valence-corrected chi connectivity index (χ2v) is 4.64. The van der Waals surface area contributed by atoms with Gasteiger partial charge in [0.2, 0.25) is 5.91 Å². The third-order valence-electron chi connectivity index (χ3n) is 3.39. The van der Waals surface area contributed by atoms with Gasteiger partial charge in [0.05, 0.1) is 7.11 Å². The Hall–Kier alpha value is -1.91. The molecule has 0 bridgehead atoms. The smallest absolute Gasteiger partial charge is 0.325 e. The van der Waals surface area contributed by atoms with Crippen LogP contribution < -0.4 is 0 Å². The number of hydrogen-bond donors (Lipinski definition) is 0. The molecule has 1 aliphatic rings. The molecule has 0 aliphatic carbocycles. The second-order valence-electron chi connectivity index (χ2n) is 4.64. The lowest BCUT2D eigenvalue weighted by Gasteiger charge is -2.31. The van der Waals surface area contributed by atoms with Crippen molar-refractivity contribution < 1.29 is 18.7 Å². The number of esters is 1. The molecule has 0 spiro atoms. The number of piperidine rings is 1. The average Bonchev–Trinajstić information content (AvgIpc) is 2.41. The van der Waals surface area contributed by atoms with Crippen molar-refractivity contribution in [2.75, 3.05) is 20.2 Å². The van der Waals surface area contributed by atoms with Crippen LogP contribution in [0.25, 0.3) is 0 Å². The Balaban J connectivity index is 2.00. The number of nitrogens with zero attached hydrogens (tertiary/aromatic N) is 1. The highest BCUT2D eigenvalue weighted by Crippen LogP contribution is 2.28. The summed E-state index contributed by atoms with van der Waals surface area (Å²) in [5.74, 6) is -0.775. The Morgan fingerprint density at radius 1 is 1.53 bits per heavy atom. The molecule has 1 atom stereocenters. The zero-order valence-corrected chi connectivity index (χ0v) is 10.8. The van der Waals surface area contributed by atoms with E-state index in [0.717, 1.165) is 12.0 Å². The monoisotopic (exact) mass is 265 g/mol. The lowest BCUT2D eigenvalue weighted by Crippen LogP contribution is -2.41. The van der Waals surface area contributed by atoms with Crippen LogP contribution in [0.5, 0.6) is 0 Å². The molecule has 1 amide bonds. The highest BCUT2D eigenvalue weighted by Gasteiger charge is 2.28. The van der Waals surface area contributed by atoms with Crippen LogP contribution in [-0.2, 0) is 14.3 Å². The minimum absolute atomic E-state index is 0.00873. The molecular weight excluding hydrogens is 249 g/mol. The number of carbonyl (C=O) groups excluding carboxylic acids is 2. The summed E-state index contributed by atoms with van der Waals surface area (Å²) in [6.07, 6.45) is 1.03. The first kappa shape index (κ1) is 13.5. The van der Waals surface area contributed by atoms with Crippen molar-refractivity contribution in [1.29, 1.82) is 0 Å². The highest BCUT2D eigenvalue weighted by atomic mass is 19.1. The first-order valence-corrected chi connectivity index (χ1v) is 6.20. The molecule has 1 saturated heterocycles. The van der Waals surface area contributed by atoms with Gasteiger partial charge >= 0.3 is 5.97 Å². The summed E-state index contributed by atoms with van der Waals surface area (Å²) in [5, 5.41) is 0. The summed E-state index contributed by atoms with van der Waals surface area (Å²) in [6, 6.07) is 6.33. The third kappa shape index (κ3) is 3.30. The van der Waals surface area contributed by atoms with Crippen molar-refractivity contribution in [3.8, 4) is 0 Å². The summed E-state index contributed by atoms with van der Waals surface area (Å²) < 4.78 is 17.7. The van der Waals surface area contributed by atoms with E-state index in [2.05, 4.69) is 4.74 Å². The lowest BCUT2D eigenvalue weighted by molar-refractivity contribution is -0.148. The van der Waals surface area contributed by atoms with E-state index in [1.807, 2.05) is 6.07 Å². The number of amides is 1. The Labute approximate surface area is 111 Å². The van der Waals surface area contributed by atoms with Gasteiger partial charge < -0.3 is 9.64 Å². The van der Waals surface area contributed by atoms with Crippen LogP contribution in [0.4, 0.5) is 4.39 Å². The van der Waals surface area contributed by atoms with Crippen molar-refractivity contribution in [1.82, 2.24) is 4.90 Å². The molecule has 102 valence electrons. The molecule has 1 aliphatic heterocycles. The van der Waals surface area contributed by atoms with Crippen molar-refractivity contribution >= 4 is 11.9 Å². The Bertz CT molecular complexity index is 489. The molecule has 0 saturated carbocycles. The number of rotatable bonds is 3. The van der Waals surface area contributed by atoms with Gasteiger partial charge in [-0.15, -0.1) is 0 Å². The fraction of sp³-hybridized carbons (Fsp3) is 0.429. The van der Waals surface area contributed by atoms with Crippen molar-refractivity contribution in [3.05, 3.63) is 35.6 Å². The summed E-state index contributed by atoms with van der Waals surface area (Å²) in [5.41, 5.74) is 0.839. The molecule has 0 aromatic heterocycles. The van der Waals surface area contributed by atoms with Crippen LogP contribution in [0.3, 0.4) is 0 Å². The molecular formula is C14H16FNO3. The third-order valence-corrected chi connectivity index (χ3v) is 3.39. The summed E-state index contributed by atoms with van der Waals surface area (Å²) in [6.45, 7) is 0.486. The number of likely N-dealkylation sites (tertiary alicyclic amines) is 1. The van der Waals surface area contributed by atoms with Gasteiger partial charge in [0.1, 0.15) is 12.4 Å². The van der Waals surface area contributed by atoms with E-state index in [0.29, 0.717) is 13.0 Å². The molecule has 0 radical (unpaired) electrons. The van der Waals surface area contributed by atoms with Gasteiger partial charge in [0, 0.05) is 13.0 Å². The average molecular weight is 265 g/mol. The number of carbonyl (C=O) groups is 2. The van der Waals surface area contributed by atoms with Crippen molar-refractivity contribution in [3.63, 3.8) is 0 Å². The van der Waals surface area contributed by atoms with E-state index in [4.69, 9.17) is 0 Å². The van der Waals surface area contributed by atoms with E-state index in [9.17, 15) is 14.0 Å². The van der Waals surface area contributed by atoms with E-state index >= 15 is 0 Å². The summed E-state index contributed by atoms with van der Waals surface area (Å²) >= 11 is 0. The normalized spacial score (nSPS) is 19.4. The first-order chi connectivity index (χ1) is 9.10. The maximum absolute atomic E-state index is 13.2. The minimum atomic E-state index is -0.419. The van der Waals surface area contributed by atoms with Crippen molar-refractivity contribution in [2.24, 2.45) is 0 Å². The molecule has 19 heavy (non-hydrogen) atoms. The van der Waals surface area contributed by atoms with Crippen LogP contribution in [-0.4, -0.2) is 37.0 Å². The highest BCUT2D eigenvalue weighted by molar-refractivity contribution is 5.83. The van der Waals surface area contributed by atoms with Gasteiger partial charge in [-0.2, -0.15) is 0 Å². The molecule has 5 heteroatoms. The van der Waals surface area contributed by atoms with Crippen LogP contribution in [0.2, 0.25) is 0 Å². The van der Waals surface area contributed by atoms with Crippen LogP contribution in [0.15, 0.2) is 24.3 Å². The fourth-order valence-corrected chi connectivity index (χ4v) is 2.31. The molecule has 1 aromatic carbocycles. The molecule has 1 aromatic rings. The molecule has 4 nitrogen and oxygen atoms in total. The predicted octanol–water partition coefficient (Wildman–Crippen LogP) is 1.70. The number of halogens is 1. The van der Waals surface area contributed by atoms with Gasteiger partial charge in [-0.05, 0) is 30.0 Å². The lowest BCUT2D eigenvalue weighted by atomic mass is 9.89. The van der Waals surface area contributed by atoms with E-state index in [-0.39, 0.29) is 24.2 Å². The van der Waals surface area contributed by atoms with Crippen LogP contribution >= 0.6 is 0 Å². The maximum atomic E-state index is 13.2. The Kier molecular flexibility index (Phi) is 4.14. The van der Waals surface area contributed by atoms with Gasteiger partial charge in [0.25, 0.3) is 0 Å². The number of ether oxygens (including phenoxy) is 1. The quantitative estimate of drug-likeness (QED) is 0.782. The zero-order chi connectivity index (χ0) is 13.8. The topological polar surface area (TPSA) is 46.6 Å². The molecule has 1 heterocycles. The van der Waals surface area contributed by atoms with E-state index in [1.165, 1.54) is 24.1 Å².